The smallest absolute Gasteiger partial charge is 0.290 e. The average Bonchev–Trinajstić information content (AvgIpc) is 3.38. The summed E-state index contributed by atoms with van der Waals surface area (Å²) in [4.78, 5) is 29.7. The lowest BCUT2D eigenvalue weighted by Gasteiger charge is -2.27. The van der Waals surface area contributed by atoms with Gasteiger partial charge in [-0.2, -0.15) is 0 Å². The number of amides is 1. The Kier molecular flexibility index (Phi) is 7.58. The van der Waals surface area contributed by atoms with E-state index in [4.69, 9.17) is 13.9 Å². The predicted octanol–water partition coefficient (Wildman–Crippen LogP) is 3.61. The summed E-state index contributed by atoms with van der Waals surface area (Å²) >= 11 is 0. The fourth-order valence-corrected chi connectivity index (χ4v) is 3.80. The van der Waals surface area contributed by atoms with E-state index in [1.54, 1.807) is 24.3 Å². The second kappa shape index (κ2) is 10.4. The Balaban J connectivity index is 2.05. The van der Waals surface area contributed by atoms with Crippen molar-refractivity contribution in [1.29, 1.82) is 0 Å². The van der Waals surface area contributed by atoms with Crippen LogP contribution in [0.2, 0.25) is 0 Å². The summed E-state index contributed by atoms with van der Waals surface area (Å²) in [5, 5.41) is 10.7. The van der Waals surface area contributed by atoms with Gasteiger partial charge in [-0.05, 0) is 70.7 Å². The number of ether oxygens (including phenoxy) is 2. The summed E-state index contributed by atoms with van der Waals surface area (Å²) in [6, 6.07) is 7.66. The van der Waals surface area contributed by atoms with E-state index in [1.165, 1.54) is 17.2 Å². The van der Waals surface area contributed by atoms with Gasteiger partial charge >= 0.3 is 0 Å². The van der Waals surface area contributed by atoms with Crippen LogP contribution >= 0.6 is 0 Å². The van der Waals surface area contributed by atoms with Gasteiger partial charge in [-0.15, -0.1) is 0 Å². The SMILES string of the molecule is CCOc1ccc([C@@H]2C(C(=O)c3ccco3)=C(O)C(=O)N2CCCN(C)C)cc1OCC. The molecule has 3 rings (SSSR count). The standard InChI is InChI=1S/C24H30N2O6/c1-5-30-17-11-10-16(15-19(17)31-6-2)21-20(22(27)18-9-7-14-32-18)23(28)24(29)26(21)13-8-12-25(3)4/h7,9-11,14-15,21,28H,5-6,8,12-13H2,1-4H3/t21-/m1/s1. The van der Waals surface area contributed by atoms with Crippen molar-refractivity contribution in [3.8, 4) is 11.5 Å². The minimum atomic E-state index is -0.767. The Hall–Kier alpha value is -3.26. The first-order chi connectivity index (χ1) is 15.4. The van der Waals surface area contributed by atoms with Gasteiger partial charge in [-0.25, -0.2) is 0 Å². The number of benzene rings is 1. The maximum Gasteiger partial charge on any atom is 0.290 e. The molecule has 8 nitrogen and oxygen atoms in total. The zero-order chi connectivity index (χ0) is 23.3. The third-order valence-electron chi connectivity index (χ3n) is 5.18. The predicted molar refractivity (Wildman–Crippen MR) is 119 cm³/mol. The monoisotopic (exact) mass is 442 g/mol. The summed E-state index contributed by atoms with van der Waals surface area (Å²) in [5.41, 5.74) is 0.649. The van der Waals surface area contributed by atoms with Crippen molar-refractivity contribution in [2.45, 2.75) is 26.3 Å². The molecule has 0 unspecified atom stereocenters. The molecular weight excluding hydrogens is 412 g/mol. The first-order valence-electron chi connectivity index (χ1n) is 10.8. The van der Waals surface area contributed by atoms with Crippen LogP contribution in [-0.2, 0) is 4.79 Å². The highest BCUT2D eigenvalue weighted by Gasteiger charge is 2.44. The van der Waals surface area contributed by atoms with Crippen LogP contribution in [0.4, 0.5) is 0 Å². The van der Waals surface area contributed by atoms with E-state index in [1.807, 2.05) is 32.8 Å². The molecule has 0 bridgehead atoms. The molecule has 32 heavy (non-hydrogen) atoms. The normalized spacial score (nSPS) is 16.2. The first kappa shape index (κ1) is 23.4. The molecule has 0 saturated heterocycles. The van der Waals surface area contributed by atoms with Gasteiger partial charge in [0.1, 0.15) is 0 Å². The highest BCUT2D eigenvalue weighted by atomic mass is 16.5. The molecule has 2 aromatic rings. The van der Waals surface area contributed by atoms with Crippen LogP contribution < -0.4 is 9.47 Å². The molecular formula is C24H30N2O6. The molecule has 0 aliphatic carbocycles. The maximum absolute atomic E-state index is 13.2. The lowest BCUT2D eigenvalue weighted by Crippen LogP contribution is -2.33. The summed E-state index contributed by atoms with van der Waals surface area (Å²) < 4.78 is 16.6. The van der Waals surface area contributed by atoms with Gasteiger partial charge in [-0.3, -0.25) is 9.59 Å². The molecule has 0 fully saturated rings. The summed E-state index contributed by atoms with van der Waals surface area (Å²) in [5.74, 6) is -0.482. The van der Waals surface area contributed by atoms with E-state index in [9.17, 15) is 14.7 Å². The fourth-order valence-electron chi connectivity index (χ4n) is 3.80. The van der Waals surface area contributed by atoms with Gasteiger partial charge in [0.25, 0.3) is 5.91 Å². The lowest BCUT2D eigenvalue weighted by molar-refractivity contribution is -0.129. The first-order valence-corrected chi connectivity index (χ1v) is 10.8. The van der Waals surface area contributed by atoms with Crippen molar-refractivity contribution in [3.05, 3.63) is 59.3 Å². The van der Waals surface area contributed by atoms with Crippen molar-refractivity contribution in [2.75, 3.05) is 40.4 Å². The summed E-state index contributed by atoms with van der Waals surface area (Å²) in [6.45, 7) is 5.78. The quantitative estimate of drug-likeness (QED) is 0.532. The van der Waals surface area contributed by atoms with Crippen LogP contribution in [-0.4, -0.2) is 67.0 Å². The van der Waals surface area contributed by atoms with Crippen molar-refractivity contribution in [1.82, 2.24) is 9.80 Å². The zero-order valence-electron chi connectivity index (χ0n) is 19.0. The highest BCUT2D eigenvalue weighted by Crippen LogP contribution is 2.41. The Morgan fingerprint density at radius 2 is 1.88 bits per heavy atom. The van der Waals surface area contributed by atoms with E-state index in [2.05, 4.69) is 0 Å². The molecule has 0 radical (unpaired) electrons. The third kappa shape index (κ3) is 4.80. The Labute approximate surface area is 188 Å². The van der Waals surface area contributed by atoms with E-state index in [0.717, 1.165) is 6.54 Å². The number of nitrogens with zero attached hydrogens (tertiary/aromatic N) is 2. The van der Waals surface area contributed by atoms with Crippen LogP contribution in [0.1, 0.15) is 42.4 Å². The van der Waals surface area contributed by atoms with Crippen LogP contribution in [0, 0.1) is 0 Å². The van der Waals surface area contributed by atoms with E-state index in [0.29, 0.717) is 43.2 Å². The topological polar surface area (TPSA) is 92.5 Å². The van der Waals surface area contributed by atoms with Crippen molar-refractivity contribution < 1.29 is 28.6 Å². The van der Waals surface area contributed by atoms with Crippen molar-refractivity contribution >= 4 is 11.7 Å². The number of Topliss-reactive ketones (excluding diaryl/α,β-unsaturated/α-hetero) is 1. The molecule has 0 spiro atoms. The second-order valence-electron chi connectivity index (χ2n) is 7.70. The number of rotatable bonds is 11. The molecule has 1 aromatic carbocycles. The maximum atomic E-state index is 13.2. The molecule has 1 N–H and O–H groups in total. The number of hydrogen-bond acceptors (Lipinski definition) is 7. The van der Waals surface area contributed by atoms with E-state index in [-0.39, 0.29) is 11.3 Å². The molecule has 8 heteroatoms. The number of aliphatic hydroxyl groups is 1. The van der Waals surface area contributed by atoms with Gasteiger partial charge in [0.2, 0.25) is 5.78 Å². The zero-order valence-corrected chi connectivity index (χ0v) is 19.0. The number of hydrogen-bond donors (Lipinski definition) is 1. The number of aliphatic hydroxyl groups excluding tert-OH is 1. The van der Waals surface area contributed by atoms with Gasteiger partial charge in [-0.1, -0.05) is 6.07 Å². The van der Waals surface area contributed by atoms with Gasteiger partial charge in [0.15, 0.2) is 23.0 Å². The minimum absolute atomic E-state index is 0.00131. The number of carbonyl (C=O) groups excluding carboxylic acids is 2. The largest absolute Gasteiger partial charge is 0.503 e. The van der Waals surface area contributed by atoms with Crippen LogP contribution in [0.15, 0.2) is 52.3 Å². The Bertz CT molecular complexity index is 980. The van der Waals surface area contributed by atoms with Gasteiger partial charge < -0.3 is 28.8 Å². The Morgan fingerprint density at radius 1 is 1.16 bits per heavy atom. The average molecular weight is 443 g/mol. The molecule has 2 heterocycles. The molecule has 0 saturated carbocycles. The molecule has 1 amide bonds. The number of carbonyl (C=O) groups is 2. The van der Waals surface area contributed by atoms with Gasteiger partial charge in [0, 0.05) is 6.54 Å². The number of ketones is 1. The fraction of sp³-hybridized carbons (Fsp3) is 0.417. The highest BCUT2D eigenvalue weighted by molar-refractivity contribution is 6.15. The molecule has 172 valence electrons. The second-order valence-corrected chi connectivity index (χ2v) is 7.70. The lowest BCUT2D eigenvalue weighted by atomic mass is 9.94. The summed E-state index contributed by atoms with van der Waals surface area (Å²) in [6.07, 6.45) is 2.07. The minimum Gasteiger partial charge on any atom is -0.503 e. The van der Waals surface area contributed by atoms with Gasteiger partial charge in [0.05, 0.1) is 31.1 Å². The van der Waals surface area contributed by atoms with Crippen molar-refractivity contribution in [2.24, 2.45) is 0 Å². The van der Waals surface area contributed by atoms with E-state index >= 15 is 0 Å². The summed E-state index contributed by atoms with van der Waals surface area (Å²) in [7, 11) is 3.90. The van der Waals surface area contributed by atoms with Crippen LogP contribution in [0.5, 0.6) is 11.5 Å². The number of furan rings is 1. The van der Waals surface area contributed by atoms with Crippen LogP contribution in [0.25, 0.3) is 0 Å². The van der Waals surface area contributed by atoms with Crippen LogP contribution in [0.3, 0.4) is 0 Å². The third-order valence-corrected chi connectivity index (χ3v) is 5.18. The molecule has 1 aromatic heterocycles. The van der Waals surface area contributed by atoms with Crippen molar-refractivity contribution in [3.63, 3.8) is 0 Å². The molecule has 1 aliphatic heterocycles. The molecule has 1 aliphatic rings. The Morgan fingerprint density at radius 3 is 2.50 bits per heavy atom. The van der Waals surface area contributed by atoms with E-state index < -0.39 is 23.5 Å². The molecule has 1 atom stereocenters.